The highest BCUT2D eigenvalue weighted by Gasteiger charge is 2.37. The van der Waals surface area contributed by atoms with Crippen LogP contribution in [0.25, 0.3) is 0 Å². The number of benzene rings is 1. The summed E-state index contributed by atoms with van der Waals surface area (Å²) in [6, 6.07) is 1.32. The summed E-state index contributed by atoms with van der Waals surface area (Å²) in [6.45, 7) is 2.93. The molecule has 2 nitrogen and oxygen atoms in total. The fraction of sp³-hybridized carbons (Fsp3) is 0.667. The van der Waals surface area contributed by atoms with E-state index in [-0.39, 0.29) is 17.5 Å². The lowest BCUT2D eigenvalue weighted by Gasteiger charge is -2.41. The molecule has 1 saturated carbocycles. The van der Waals surface area contributed by atoms with Crippen LogP contribution in [0, 0.1) is 11.7 Å². The highest BCUT2D eigenvalue weighted by Crippen LogP contribution is 2.43. The van der Waals surface area contributed by atoms with Crippen LogP contribution in [0.5, 0.6) is 0 Å². The summed E-state index contributed by atoms with van der Waals surface area (Å²) in [7, 11) is 0. The van der Waals surface area contributed by atoms with E-state index in [9.17, 15) is 17.6 Å². The maximum atomic E-state index is 14.8. The fourth-order valence-corrected chi connectivity index (χ4v) is 4.37. The van der Waals surface area contributed by atoms with E-state index < -0.39 is 22.6 Å². The van der Waals surface area contributed by atoms with Crippen LogP contribution in [0.3, 0.4) is 0 Å². The van der Waals surface area contributed by atoms with Gasteiger partial charge in [-0.15, -0.1) is 0 Å². The number of hydrogen-bond acceptors (Lipinski definition) is 2. The van der Waals surface area contributed by atoms with Crippen molar-refractivity contribution in [1.82, 2.24) is 10.2 Å². The lowest BCUT2D eigenvalue weighted by atomic mass is 9.79. The summed E-state index contributed by atoms with van der Waals surface area (Å²) in [6.07, 6.45) is 0.524. The molecule has 25 heavy (non-hydrogen) atoms. The summed E-state index contributed by atoms with van der Waals surface area (Å²) >= 11 is 5.84. The van der Waals surface area contributed by atoms with Crippen LogP contribution >= 0.6 is 11.6 Å². The number of nitrogens with one attached hydrogen (secondary N) is 1. The van der Waals surface area contributed by atoms with Crippen molar-refractivity contribution < 1.29 is 17.6 Å². The Kier molecular flexibility index (Phi) is 5.91. The average Bonchev–Trinajstić information content (AvgIpc) is 2.60. The van der Waals surface area contributed by atoms with Gasteiger partial charge < -0.3 is 5.32 Å². The van der Waals surface area contributed by atoms with Crippen molar-refractivity contribution in [3.8, 4) is 0 Å². The third kappa shape index (κ3) is 4.29. The SMILES string of the molecule is Fc1c(Cl)cc(C(F)(F)F)cc1[C@H](C1CCCCC1)N1CCNCC1. The van der Waals surface area contributed by atoms with Crippen LogP contribution in [-0.4, -0.2) is 31.1 Å². The van der Waals surface area contributed by atoms with E-state index >= 15 is 0 Å². The zero-order valence-electron chi connectivity index (χ0n) is 14.0. The molecule has 3 rings (SSSR count). The second-order valence-electron chi connectivity index (χ2n) is 6.99. The molecule has 0 radical (unpaired) electrons. The maximum absolute atomic E-state index is 14.8. The predicted molar refractivity (Wildman–Crippen MR) is 90.2 cm³/mol. The minimum Gasteiger partial charge on any atom is -0.314 e. The summed E-state index contributed by atoms with van der Waals surface area (Å²) in [5, 5.41) is 2.80. The Labute approximate surface area is 150 Å². The number of alkyl halides is 3. The van der Waals surface area contributed by atoms with Gasteiger partial charge in [-0.25, -0.2) is 4.39 Å². The smallest absolute Gasteiger partial charge is 0.314 e. The van der Waals surface area contributed by atoms with Crippen molar-refractivity contribution in [2.24, 2.45) is 5.92 Å². The van der Waals surface area contributed by atoms with Gasteiger partial charge in [0.2, 0.25) is 0 Å². The van der Waals surface area contributed by atoms with E-state index in [4.69, 9.17) is 11.6 Å². The Morgan fingerprint density at radius 3 is 2.32 bits per heavy atom. The molecule has 1 aromatic rings. The minimum atomic E-state index is -4.54. The molecular formula is C18H23ClF4N2. The first-order valence-corrected chi connectivity index (χ1v) is 9.26. The van der Waals surface area contributed by atoms with Crippen molar-refractivity contribution >= 4 is 11.6 Å². The monoisotopic (exact) mass is 378 g/mol. The molecule has 140 valence electrons. The van der Waals surface area contributed by atoms with Crippen LogP contribution in [0.4, 0.5) is 17.6 Å². The van der Waals surface area contributed by atoms with E-state index in [0.29, 0.717) is 19.2 Å². The first-order chi connectivity index (χ1) is 11.9. The first-order valence-electron chi connectivity index (χ1n) is 8.89. The molecule has 1 N–H and O–H groups in total. The van der Waals surface area contributed by atoms with Crippen LogP contribution in [0.15, 0.2) is 12.1 Å². The number of hydrogen-bond donors (Lipinski definition) is 1. The summed E-state index contributed by atoms with van der Waals surface area (Å²) in [5.74, 6) is -0.537. The van der Waals surface area contributed by atoms with Crippen molar-refractivity contribution in [3.05, 3.63) is 34.1 Å². The summed E-state index contributed by atoms with van der Waals surface area (Å²) in [4.78, 5) is 2.13. The molecule has 1 aliphatic heterocycles. The van der Waals surface area contributed by atoms with E-state index in [1.165, 1.54) is 0 Å². The molecule has 0 aromatic heterocycles. The van der Waals surface area contributed by atoms with Gasteiger partial charge in [-0.1, -0.05) is 30.9 Å². The lowest BCUT2D eigenvalue weighted by molar-refractivity contribution is -0.137. The maximum Gasteiger partial charge on any atom is 0.416 e. The van der Waals surface area contributed by atoms with Gasteiger partial charge in [-0.3, -0.25) is 4.90 Å². The first kappa shape index (κ1) is 18.9. The molecule has 0 spiro atoms. The molecule has 0 unspecified atom stereocenters. The van der Waals surface area contributed by atoms with Gasteiger partial charge in [0, 0.05) is 37.8 Å². The van der Waals surface area contributed by atoms with Gasteiger partial charge in [0.25, 0.3) is 0 Å². The second kappa shape index (κ2) is 7.80. The topological polar surface area (TPSA) is 15.3 Å². The van der Waals surface area contributed by atoms with E-state index in [2.05, 4.69) is 10.2 Å². The molecule has 0 bridgehead atoms. The lowest BCUT2D eigenvalue weighted by Crippen LogP contribution is -2.47. The van der Waals surface area contributed by atoms with Crippen LogP contribution < -0.4 is 5.32 Å². The zero-order chi connectivity index (χ0) is 18.0. The quantitative estimate of drug-likeness (QED) is 0.742. The third-order valence-corrected chi connectivity index (χ3v) is 5.62. The largest absolute Gasteiger partial charge is 0.416 e. The highest BCUT2D eigenvalue weighted by atomic mass is 35.5. The van der Waals surface area contributed by atoms with E-state index in [1.54, 1.807) is 0 Å². The van der Waals surface area contributed by atoms with Gasteiger partial charge in [0.15, 0.2) is 0 Å². The Morgan fingerprint density at radius 2 is 1.72 bits per heavy atom. The Morgan fingerprint density at radius 1 is 1.08 bits per heavy atom. The van der Waals surface area contributed by atoms with Crippen molar-refractivity contribution in [2.45, 2.75) is 44.3 Å². The van der Waals surface area contributed by atoms with E-state index in [0.717, 1.165) is 51.3 Å². The van der Waals surface area contributed by atoms with Crippen LogP contribution in [0.2, 0.25) is 5.02 Å². The third-order valence-electron chi connectivity index (χ3n) is 5.34. The van der Waals surface area contributed by atoms with Crippen LogP contribution in [0.1, 0.15) is 49.3 Å². The molecule has 2 fully saturated rings. The van der Waals surface area contributed by atoms with Crippen molar-refractivity contribution in [3.63, 3.8) is 0 Å². The number of piperazine rings is 1. The average molecular weight is 379 g/mol. The number of rotatable bonds is 3. The molecule has 1 heterocycles. The molecule has 1 aromatic carbocycles. The van der Waals surface area contributed by atoms with Gasteiger partial charge in [0.1, 0.15) is 5.82 Å². The van der Waals surface area contributed by atoms with Crippen LogP contribution in [-0.2, 0) is 6.18 Å². The molecule has 1 atom stereocenters. The normalized spacial score (nSPS) is 22.1. The number of nitrogens with zero attached hydrogens (tertiary/aromatic N) is 1. The fourth-order valence-electron chi connectivity index (χ4n) is 4.15. The molecular weight excluding hydrogens is 356 g/mol. The van der Waals surface area contributed by atoms with Gasteiger partial charge in [-0.2, -0.15) is 13.2 Å². The Hall–Kier alpha value is -0.850. The number of halogens is 5. The Balaban J connectivity index is 2.03. The highest BCUT2D eigenvalue weighted by molar-refractivity contribution is 6.30. The standard InChI is InChI=1S/C18H23ClF4N2/c19-15-11-13(18(21,22)23)10-14(16(15)20)17(12-4-2-1-3-5-12)25-8-6-24-7-9-25/h10-12,17,24H,1-9H2/t17-/m0/s1. The molecule has 7 heteroatoms. The zero-order valence-corrected chi connectivity index (χ0v) is 14.8. The van der Waals surface area contributed by atoms with Crippen molar-refractivity contribution in [1.29, 1.82) is 0 Å². The summed E-state index contributed by atoms with van der Waals surface area (Å²) < 4.78 is 54.5. The van der Waals surface area contributed by atoms with Gasteiger partial charge in [-0.05, 0) is 30.9 Å². The summed E-state index contributed by atoms with van der Waals surface area (Å²) in [5.41, 5.74) is -0.765. The molecule has 1 saturated heterocycles. The predicted octanol–water partition coefficient (Wildman–Crippen LogP) is 5.02. The molecule has 0 amide bonds. The van der Waals surface area contributed by atoms with Crippen molar-refractivity contribution in [2.75, 3.05) is 26.2 Å². The van der Waals surface area contributed by atoms with E-state index in [1.807, 2.05) is 0 Å². The Bertz CT molecular complexity index is 575. The molecule has 1 aliphatic carbocycles. The molecule has 2 aliphatic rings. The second-order valence-corrected chi connectivity index (χ2v) is 7.40. The minimum absolute atomic E-state index is 0.105. The van der Waals surface area contributed by atoms with Gasteiger partial charge in [0.05, 0.1) is 10.6 Å². The van der Waals surface area contributed by atoms with Gasteiger partial charge >= 0.3 is 6.18 Å².